The van der Waals surface area contributed by atoms with Crippen LogP contribution in [0.3, 0.4) is 0 Å². The first kappa shape index (κ1) is 53.7. The van der Waals surface area contributed by atoms with Gasteiger partial charge >= 0.3 is 11.9 Å². The Bertz CT molecular complexity index is 1100. The van der Waals surface area contributed by atoms with E-state index in [2.05, 4.69) is 23.5 Å². The lowest BCUT2D eigenvalue weighted by molar-refractivity contribution is -0.234. The van der Waals surface area contributed by atoms with Crippen LogP contribution in [-0.2, 0) is 39.4 Å². The van der Waals surface area contributed by atoms with Crippen molar-refractivity contribution in [2.24, 2.45) is 0 Å². The molecular weight excluding hydrogens is 733 g/mol. The van der Waals surface area contributed by atoms with E-state index in [1.165, 1.54) is 26.4 Å². The molecule has 0 spiro atoms. The lowest BCUT2D eigenvalue weighted by atomic mass is 9.99. The molecule has 53 heavy (non-hydrogen) atoms. The summed E-state index contributed by atoms with van der Waals surface area (Å²) in [6.45, 7) is 4.28. The van der Waals surface area contributed by atoms with Crippen molar-refractivity contribution in [2.45, 2.75) is 216 Å². The van der Waals surface area contributed by atoms with Crippen molar-refractivity contribution in [1.82, 2.24) is 0 Å². The fourth-order valence-electron chi connectivity index (χ4n) is 6.17. The number of aliphatic hydroxyl groups is 3. The van der Waals surface area contributed by atoms with Gasteiger partial charge in [-0.25, -0.2) is 4.79 Å². The fraction of sp³-hybridized carbons (Fsp3) is 0.946. The van der Waals surface area contributed by atoms with E-state index in [9.17, 15) is 50.8 Å². The van der Waals surface area contributed by atoms with Gasteiger partial charge in [0.25, 0.3) is 20.2 Å². The van der Waals surface area contributed by atoms with Crippen LogP contribution in [0.1, 0.15) is 187 Å². The number of aliphatic hydroxyl groups excluding tert-OH is 3. The number of ether oxygens (including phenoxy) is 1. The minimum absolute atomic E-state index is 0.0258. The molecule has 5 atom stereocenters. The van der Waals surface area contributed by atoms with Gasteiger partial charge < -0.3 is 24.9 Å². The Kier molecular flexibility index (Phi) is 34.3. The van der Waals surface area contributed by atoms with Crippen LogP contribution in [0, 0.1) is 0 Å². The highest BCUT2D eigenvalue weighted by Gasteiger charge is 2.35. The third kappa shape index (κ3) is 31.5. The second-order valence-corrected chi connectivity index (χ2v) is 17.4. The molecule has 6 N–H and O–H groups in total. The lowest BCUT2D eigenvalue weighted by Gasteiger charge is -2.24. The Balaban J connectivity index is 0. The summed E-state index contributed by atoms with van der Waals surface area (Å²) in [4.78, 5) is 25.3. The molecule has 0 saturated carbocycles. The molecular formula is C37H74O14S2. The molecule has 0 aliphatic heterocycles. The van der Waals surface area contributed by atoms with E-state index >= 15 is 0 Å². The van der Waals surface area contributed by atoms with Gasteiger partial charge in [0.2, 0.25) is 0 Å². The first-order valence-corrected chi connectivity index (χ1v) is 22.9. The van der Waals surface area contributed by atoms with E-state index in [4.69, 9.17) is 5.26 Å². The number of hydrogen-bond donors (Lipinski definition) is 6. The van der Waals surface area contributed by atoms with Gasteiger partial charge in [0, 0.05) is 12.8 Å². The Morgan fingerprint density at radius 3 is 1.23 bits per heavy atom. The molecule has 0 saturated heterocycles. The maximum Gasteiger partial charge on any atom is 0.342 e. The van der Waals surface area contributed by atoms with Crippen LogP contribution in [-0.4, -0.2) is 94.4 Å². The van der Waals surface area contributed by atoms with E-state index < -0.39 is 55.0 Å². The number of rotatable bonds is 34. The lowest BCUT2D eigenvalue weighted by Crippen LogP contribution is -2.42. The molecule has 16 heteroatoms. The molecule has 318 valence electrons. The summed E-state index contributed by atoms with van der Waals surface area (Å²) in [5, 5.41) is 36.1. The minimum Gasteiger partial charge on any atom is -0.469 e. The number of unbranched alkanes of at least 4 members (excludes halogenated alkanes) is 17. The third-order valence-corrected chi connectivity index (χ3v) is 12.1. The summed E-state index contributed by atoms with van der Waals surface area (Å²) in [6.07, 6.45) is 16.3. The average Bonchev–Trinajstić information content (AvgIpc) is 3.10. The Labute approximate surface area is 320 Å². The van der Waals surface area contributed by atoms with Crippen LogP contribution in [0.25, 0.3) is 0 Å². The molecule has 0 amide bonds. The predicted molar refractivity (Wildman–Crippen MR) is 205 cm³/mol. The van der Waals surface area contributed by atoms with E-state index in [0.717, 1.165) is 77.0 Å². The van der Waals surface area contributed by atoms with Crippen molar-refractivity contribution in [3.63, 3.8) is 0 Å². The van der Waals surface area contributed by atoms with Gasteiger partial charge in [-0.05, 0) is 38.5 Å². The number of hydrogen-bond acceptors (Lipinski definition) is 12. The Morgan fingerprint density at radius 1 is 0.491 bits per heavy atom. The first-order chi connectivity index (χ1) is 25.1. The van der Waals surface area contributed by atoms with Crippen molar-refractivity contribution in [1.29, 1.82) is 0 Å². The molecule has 0 radical (unpaired) electrons. The number of methoxy groups -OCH3 is 1. The van der Waals surface area contributed by atoms with Crippen molar-refractivity contribution in [3.8, 4) is 0 Å². The summed E-state index contributed by atoms with van der Waals surface area (Å²) in [5.74, 6) is -0.937. The van der Waals surface area contributed by atoms with Crippen molar-refractivity contribution >= 4 is 32.2 Å². The zero-order chi connectivity index (χ0) is 40.5. The monoisotopic (exact) mass is 806 g/mol. The van der Waals surface area contributed by atoms with Gasteiger partial charge in [-0.3, -0.25) is 13.9 Å². The molecule has 0 bridgehead atoms. The van der Waals surface area contributed by atoms with Gasteiger partial charge in [0.1, 0.15) is 10.5 Å². The van der Waals surface area contributed by atoms with Crippen LogP contribution in [0.2, 0.25) is 0 Å². The number of carbonyl (C=O) groups is 2. The maximum atomic E-state index is 11.6. The van der Waals surface area contributed by atoms with Crippen LogP contribution >= 0.6 is 0 Å². The molecule has 0 aromatic heterocycles. The molecule has 0 fully saturated rings. The third-order valence-electron chi connectivity index (χ3n) is 9.49. The van der Waals surface area contributed by atoms with Crippen molar-refractivity contribution in [3.05, 3.63) is 0 Å². The summed E-state index contributed by atoms with van der Waals surface area (Å²) in [7, 11) is -7.35. The molecule has 0 aromatic rings. The van der Waals surface area contributed by atoms with E-state index in [1.54, 1.807) is 0 Å². The minimum atomic E-state index is -4.48. The topological polar surface area (TPSA) is 242 Å². The van der Waals surface area contributed by atoms with E-state index in [1.807, 2.05) is 0 Å². The molecule has 5 unspecified atom stereocenters. The summed E-state index contributed by atoms with van der Waals surface area (Å²) in [6, 6.07) is 0. The van der Waals surface area contributed by atoms with Gasteiger partial charge in [-0.15, -0.1) is 0 Å². The number of carbonyl (C=O) groups excluding carboxylic acids is 2. The number of esters is 1. The van der Waals surface area contributed by atoms with E-state index in [-0.39, 0.29) is 25.2 Å². The fourth-order valence-corrected chi connectivity index (χ4v) is 8.16. The molecule has 14 nitrogen and oxygen atoms in total. The van der Waals surface area contributed by atoms with Crippen LogP contribution in [0.15, 0.2) is 0 Å². The van der Waals surface area contributed by atoms with Crippen molar-refractivity contribution < 1.29 is 65.7 Å². The highest BCUT2D eigenvalue weighted by molar-refractivity contribution is 7.86. The highest BCUT2D eigenvalue weighted by atomic mass is 32.2. The summed E-state index contributed by atoms with van der Waals surface area (Å²) in [5.41, 5.74) is 0. The van der Waals surface area contributed by atoms with Gasteiger partial charge in [-0.2, -0.15) is 22.1 Å². The smallest absolute Gasteiger partial charge is 0.342 e. The van der Waals surface area contributed by atoms with Gasteiger partial charge in [0.05, 0.1) is 25.4 Å². The van der Waals surface area contributed by atoms with Crippen molar-refractivity contribution in [2.75, 3.05) is 7.11 Å². The standard InChI is InChI=1S/C19H38O6S.C18H36O8S/c1-3-4-5-6-8-11-14-17(20)18(26(22,23)24)15-12-9-7-10-13-16-19(21)25-2;1-2-3-4-5-6-9-12-15(19)18(21)16(27(23,24)25)13-10-7-8-11-14-17(20)26-22/h17-18,20H,3-16H2,1-2H3,(H,22,23,24);15-16,18-19,21-22H,2-14H2,1H3,(H,23,24,25). The van der Waals surface area contributed by atoms with Crippen LogP contribution < -0.4 is 0 Å². The normalized spacial score (nSPS) is 14.7. The molecule has 0 aromatic carbocycles. The summed E-state index contributed by atoms with van der Waals surface area (Å²) >= 11 is 0. The van der Waals surface area contributed by atoms with Crippen LogP contribution in [0.4, 0.5) is 0 Å². The molecule has 0 aliphatic rings. The van der Waals surface area contributed by atoms with E-state index in [0.29, 0.717) is 57.8 Å². The SMILES string of the molecule is CCCCCCCCC(O)C(CCCCCCCC(=O)OC)S(=O)(=O)O.CCCCCCCCC(O)C(O)C(CCCCCCC(=O)OO)S(=O)(=O)O. The largest absolute Gasteiger partial charge is 0.469 e. The highest BCUT2D eigenvalue weighted by Crippen LogP contribution is 2.22. The Morgan fingerprint density at radius 2 is 0.830 bits per heavy atom. The molecule has 0 rings (SSSR count). The maximum absolute atomic E-state index is 11.6. The molecule has 0 heterocycles. The Hall–Kier alpha value is -1.40. The molecule has 0 aliphatic carbocycles. The second kappa shape index (κ2) is 33.9. The first-order valence-electron chi connectivity index (χ1n) is 19.9. The van der Waals surface area contributed by atoms with Gasteiger partial charge in [0.15, 0.2) is 0 Å². The predicted octanol–water partition coefficient (Wildman–Crippen LogP) is 7.33. The van der Waals surface area contributed by atoms with Gasteiger partial charge in [-0.1, -0.05) is 136 Å². The average molecular weight is 807 g/mol. The van der Waals surface area contributed by atoms with Crippen LogP contribution in [0.5, 0.6) is 0 Å². The quantitative estimate of drug-likeness (QED) is 0.0123. The summed E-state index contributed by atoms with van der Waals surface area (Å²) < 4.78 is 69.6. The zero-order valence-corrected chi connectivity index (χ0v) is 34.4. The second-order valence-electron chi connectivity index (χ2n) is 14.1. The zero-order valence-electron chi connectivity index (χ0n) is 32.7.